The van der Waals surface area contributed by atoms with Crippen LogP contribution in [0.3, 0.4) is 0 Å². The lowest BCUT2D eigenvalue weighted by Gasteiger charge is -2.29. The maximum Gasteiger partial charge on any atom is 0.255 e. The topological polar surface area (TPSA) is 78.5 Å². The molecule has 28 heavy (non-hydrogen) atoms. The predicted molar refractivity (Wildman–Crippen MR) is 101 cm³/mol. The third kappa shape index (κ3) is 3.24. The van der Waals surface area contributed by atoms with Gasteiger partial charge in [0.1, 0.15) is 11.9 Å². The van der Waals surface area contributed by atoms with Crippen molar-refractivity contribution in [3.63, 3.8) is 0 Å². The van der Waals surface area contributed by atoms with Crippen LogP contribution in [0.25, 0.3) is 0 Å². The highest BCUT2D eigenvalue weighted by atomic mass is 19.1. The molecule has 0 radical (unpaired) electrons. The molecule has 0 bridgehead atoms. The highest BCUT2D eigenvalue weighted by Gasteiger charge is 2.39. The van der Waals surface area contributed by atoms with E-state index in [2.05, 4.69) is 10.6 Å². The number of carbonyl (C=O) groups is 3. The van der Waals surface area contributed by atoms with Gasteiger partial charge in [-0.25, -0.2) is 4.39 Å². The molecule has 4 rings (SSSR count). The van der Waals surface area contributed by atoms with Gasteiger partial charge in [-0.1, -0.05) is 23.8 Å². The van der Waals surface area contributed by atoms with Gasteiger partial charge in [-0.15, -0.1) is 0 Å². The van der Waals surface area contributed by atoms with Gasteiger partial charge in [0.05, 0.1) is 0 Å². The number of nitrogens with one attached hydrogen (secondary N) is 2. The summed E-state index contributed by atoms with van der Waals surface area (Å²) in [5.74, 6) is -1.26. The number of carbonyl (C=O) groups excluding carboxylic acids is 3. The molecule has 0 saturated carbocycles. The molecular weight excluding hydrogens is 361 g/mol. The van der Waals surface area contributed by atoms with Crippen molar-refractivity contribution in [1.29, 1.82) is 0 Å². The smallest absolute Gasteiger partial charge is 0.255 e. The molecule has 7 heteroatoms. The Morgan fingerprint density at radius 3 is 2.82 bits per heavy atom. The molecule has 2 N–H and O–H groups in total. The summed E-state index contributed by atoms with van der Waals surface area (Å²) in [6.07, 6.45) is 0.538. The molecule has 0 spiro atoms. The number of piperidine rings is 1. The number of anilines is 1. The van der Waals surface area contributed by atoms with Gasteiger partial charge < -0.3 is 10.2 Å². The van der Waals surface area contributed by atoms with Gasteiger partial charge in [0, 0.05) is 41.9 Å². The van der Waals surface area contributed by atoms with Crippen molar-refractivity contribution in [1.82, 2.24) is 10.2 Å². The summed E-state index contributed by atoms with van der Waals surface area (Å²) in [6, 6.07) is 9.62. The van der Waals surface area contributed by atoms with E-state index in [0.717, 1.165) is 16.8 Å². The summed E-state index contributed by atoms with van der Waals surface area (Å²) >= 11 is 0. The third-order valence-corrected chi connectivity index (χ3v) is 5.25. The normalized spacial score (nSPS) is 18.9. The first-order valence-electron chi connectivity index (χ1n) is 9.19. The lowest BCUT2D eigenvalue weighted by atomic mass is 10.0. The van der Waals surface area contributed by atoms with Crippen molar-refractivity contribution >= 4 is 23.4 Å². The zero-order valence-corrected chi connectivity index (χ0v) is 15.4. The van der Waals surface area contributed by atoms with Gasteiger partial charge in [0.2, 0.25) is 11.8 Å². The second-order valence-electron chi connectivity index (χ2n) is 7.18. The lowest BCUT2D eigenvalue weighted by Crippen LogP contribution is -2.52. The standard InChI is InChI=1S/C21H20FN3O3/c1-12-5-6-16(22)13(9-12)10-23-17-4-2-3-14-15(17)11-25(21(14)28)18-7-8-19(26)24-20(18)27/h2-6,9,18,23H,7-8,10-11H2,1H3,(H,24,26,27). The van der Waals surface area contributed by atoms with Crippen LogP contribution in [0.4, 0.5) is 10.1 Å². The Morgan fingerprint density at radius 2 is 2.04 bits per heavy atom. The first-order chi connectivity index (χ1) is 13.4. The summed E-state index contributed by atoms with van der Waals surface area (Å²) in [4.78, 5) is 37.9. The maximum atomic E-state index is 14.0. The van der Waals surface area contributed by atoms with E-state index >= 15 is 0 Å². The zero-order chi connectivity index (χ0) is 19.8. The molecule has 0 aromatic heterocycles. The molecular formula is C21H20FN3O3. The summed E-state index contributed by atoms with van der Waals surface area (Å²) in [7, 11) is 0. The van der Waals surface area contributed by atoms with E-state index in [9.17, 15) is 18.8 Å². The number of hydrogen-bond donors (Lipinski definition) is 2. The number of hydrogen-bond acceptors (Lipinski definition) is 4. The van der Waals surface area contributed by atoms with Crippen LogP contribution >= 0.6 is 0 Å². The van der Waals surface area contributed by atoms with Gasteiger partial charge in [-0.2, -0.15) is 0 Å². The molecule has 6 nitrogen and oxygen atoms in total. The van der Waals surface area contributed by atoms with Crippen LogP contribution in [0.15, 0.2) is 36.4 Å². The van der Waals surface area contributed by atoms with Gasteiger partial charge >= 0.3 is 0 Å². The van der Waals surface area contributed by atoms with Crippen LogP contribution in [0.1, 0.15) is 39.9 Å². The van der Waals surface area contributed by atoms with E-state index in [1.165, 1.54) is 11.0 Å². The molecule has 1 atom stereocenters. The molecule has 1 fully saturated rings. The fraction of sp³-hybridized carbons (Fsp3) is 0.286. The fourth-order valence-electron chi connectivity index (χ4n) is 3.78. The molecule has 2 aromatic carbocycles. The highest BCUT2D eigenvalue weighted by molar-refractivity contribution is 6.06. The SMILES string of the molecule is Cc1ccc(F)c(CNc2cccc3c2CN(C2CCC(=O)NC2=O)C3=O)c1. The maximum absolute atomic E-state index is 14.0. The summed E-state index contributed by atoms with van der Waals surface area (Å²) in [5.41, 5.74) is 3.56. The van der Waals surface area contributed by atoms with Crippen molar-refractivity contribution in [2.75, 3.05) is 5.32 Å². The Bertz CT molecular complexity index is 989. The number of rotatable bonds is 4. The van der Waals surface area contributed by atoms with Crippen LogP contribution < -0.4 is 10.6 Å². The molecule has 2 aliphatic rings. The molecule has 1 saturated heterocycles. The average molecular weight is 381 g/mol. The minimum atomic E-state index is -0.653. The summed E-state index contributed by atoms with van der Waals surface area (Å²) in [5, 5.41) is 5.52. The minimum Gasteiger partial charge on any atom is -0.381 e. The van der Waals surface area contributed by atoms with Gasteiger partial charge in [-0.3, -0.25) is 19.7 Å². The van der Waals surface area contributed by atoms with E-state index in [1.807, 2.05) is 13.0 Å². The molecule has 144 valence electrons. The second kappa shape index (κ2) is 7.07. The Kier molecular flexibility index (Phi) is 4.58. The Labute approximate surface area is 161 Å². The number of imide groups is 1. The van der Waals surface area contributed by atoms with Crippen molar-refractivity contribution < 1.29 is 18.8 Å². The molecule has 2 aromatic rings. The van der Waals surface area contributed by atoms with Gasteiger partial charge in [-0.05, 0) is 31.5 Å². The summed E-state index contributed by atoms with van der Waals surface area (Å²) in [6.45, 7) is 2.47. The highest BCUT2D eigenvalue weighted by Crippen LogP contribution is 2.32. The molecule has 2 heterocycles. The van der Waals surface area contributed by atoms with Crippen LogP contribution in [0, 0.1) is 12.7 Å². The molecule has 2 aliphatic heterocycles. The van der Waals surface area contributed by atoms with E-state index in [0.29, 0.717) is 17.5 Å². The zero-order valence-electron chi connectivity index (χ0n) is 15.4. The first kappa shape index (κ1) is 18.2. The quantitative estimate of drug-likeness (QED) is 0.798. The number of benzene rings is 2. The van der Waals surface area contributed by atoms with Gasteiger partial charge in [0.25, 0.3) is 5.91 Å². The van der Waals surface area contributed by atoms with E-state index < -0.39 is 11.9 Å². The third-order valence-electron chi connectivity index (χ3n) is 5.25. The van der Waals surface area contributed by atoms with Gasteiger partial charge in [0.15, 0.2) is 0 Å². The van der Waals surface area contributed by atoms with Crippen molar-refractivity contribution in [3.05, 3.63) is 64.5 Å². The fourth-order valence-corrected chi connectivity index (χ4v) is 3.78. The monoisotopic (exact) mass is 381 g/mol. The first-order valence-corrected chi connectivity index (χ1v) is 9.19. The van der Waals surface area contributed by atoms with Crippen LogP contribution in [0.5, 0.6) is 0 Å². The largest absolute Gasteiger partial charge is 0.381 e. The second-order valence-corrected chi connectivity index (χ2v) is 7.18. The van der Waals surface area contributed by atoms with Crippen molar-refractivity contribution in [2.45, 2.75) is 38.9 Å². The molecule has 3 amide bonds. The lowest BCUT2D eigenvalue weighted by molar-refractivity contribution is -0.136. The molecule has 0 aliphatic carbocycles. The van der Waals surface area contributed by atoms with Crippen molar-refractivity contribution in [2.24, 2.45) is 0 Å². The van der Waals surface area contributed by atoms with E-state index in [-0.39, 0.29) is 37.1 Å². The van der Waals surface area contributed by atoms with E-state index in [1.54, 1.807) is 24.3 Å². The Hall–Kier alpha value is -3.22. The molecule has 1 unspecified atom stereocenters. The predicted octanol–water partition coefficient (Wildman–Crippen LogP) is 2.51. The number of aryl methyl sites for hydroxylation is 1. The number of fused-ring (bicyclic) bond motifs is 1. The average Bonchev–Trinajstić information content (AvgIpc) is 3.00. The van der Waals surface area contributed by atoms with Crippen LogP contribution in [0.2, 0.25) is 0 Å². The minimum absolute atomic E-state index is 0.217. The Balaban J connectivity index is 1.55. The summed E-state index contributed by atoms with van der Waals surface area (Å²) < 4.78 is 14.0. The Morgan fingerprint density at radius 1 is 1.21 bits per heavy atom. The van der Waals surface area contributed by atoms with Crippen LogP contribution in [-0.2, 0) is 22.7 Å². The van der Waals surface area contributed by atoms with Crippen LogP contribution in [-0.4, -0.2) is 28.7 Å². The van der Waals surface area contributed by atoms with E-state index in [4.69, 9.17) is 0 Å². The number of amides is 3. The number of halogens is 1. The van der Waals surface area contributed by atoms with Crippen molar-refractivity contribution in [3.8, 4) is 0 Å². The number of nitrogens with zero attached hydrogens (tertiary/aromatic N) is 1.